The molecule has 0 saturated carbocycles. The minimum Gasteiger partial charge on any atom is -0.384 e. The van der Waals surface area contributed by atoms with Crippen LogP contribution in [0.1, 0.15) is 20.3 Å². The lowest BCUT2D eigenvalue weighted by atomic mass is 10.1. The van der Waals surface area contributed by atoms with E-state index in [0.717, 1.165) is 32.3 Å². The number of methoxy groups -OCH3 is 1. The molecule has 0 bridgehead atoms. The van der Waals surface area contributed by atoms with Crippen LogP contribution in [0.3, 0.4) is 0 Å². The van der Waals surface area contributed by atoms with Gasteiger partial charge in [-0.2, -0.15) is 0 Å². The molecule has 3 nitrogen and oxygen atoms in total. The maximum absolute atomic E-state index is 5.17. The van der Waals surface area contributed by atoms with E-state index in [0.29, 0.717) is 5.92 Å². The van der Waals surface area contributed by atoms with Gasteiger partial charge in [0.15, 0.2) is 0 Å². The van der Waals surface area contributed by atoms with Crippen LogP contribution in [0, 0.1) is 5.92 Å². The molecule has 0 amide bonds. The first kappa shape index (κ1) is 12.0. The molecular weight excluding hydrogens is 176 g/mol. The zero-order valence-electron chi connectivity index (χ0n) is 9.75. The van der Waals surface area contributed by atoms with Gasteiger partial charge in [-0.3, -0.25) is 4.90 Å². The Labute approximate surface area is 87.8 Å². The van der Waals surface area contributed by atoms with Crippen LogP contribution in [0.25, 0.3) is 0 Å². The third kappa shape index (κ3) is 3.56. The van der Waals surface area contributed by atoms with Crippen molar-refractivity contribution in [3.63, 3.8) is 0 Å². The van der Waals surface area contributed by atoms with Crippen LogP contribution in [-0.2, 0) is 4.74 Å². The molecule has 0 aromatic rings. The summed E-state index contributed by atoms with van der Waals surface area (Å²) in [6.45, 7) is 10.0. The molecule has 1 aliphatic heterocycles. The Balaban J connectivity index is 2.29. The van der Waals surface area contributed by atoms with E-state index in [9.17, 15) is 0 Å². The topological polar surface area (TPSA) is 24.5 Å². The van der Waals surface area contributed by atoms with Gasteiger partial charge in [-0.05, 0) is 25.4 Å². The quantitative estimate of drug-likeness (QED) is 0.691. The Morgan fingerprint density at radius 2 is 2.36 bits per heavy atom. The van der Waals surface area contributed by atoms with Crippen molar-refractivity contribution in [1.82, 2.24) is 10.2 Å². The molecule has 0 spiro atoms. The second-order valence-electron chi connectivity index (χ2n) is 4.29. The summed E-state index contributed by atoms with van der Waals surface area (Å²) < 4.78 is 5.17. The number of likely N-dealkylation sites (N-methyl/N-ethyl adjacent to an activating group) is 1. The normalized spacial score (nSPS) is 24.4. The summed E-state index contributed by atoms with van der Waals surface area (Å²) in [6, 6.07) is 0.749. The number of ether oxygens (including phenoxy) is 1. The van der Waals surface area contributed by atoms with Crippen molar-refractivity contribution in [2.45, 2.75) is 26.3 Å². The first-order valence-electron chi connectivity index (χ1n) is 5.71. The highest BCUT2D eigenvalue weighted by atomic mass is 16.5. The van der Waals surface area contributed by atoms with Gasteiger partial charge in [0.1, 0.15) is 0 Å². The highest BCUT2D eigenvalue weighted by molar-refractivity contribution is 4.80. The fourth-order valence-corrected chi connectivity index (χ4v) is 2.23. The first-order valence-corrected chi connectivity index (χ1v) is 5.71. The molecule has 1 heterocycles. The Morgan fingerprint density at radius 3 is 2.86 bits per heavy atom. The van der Waals surface area contributed by atoms with Gasteiger partial charge in [0.05, 0.1) is 0 Å². The van der Waals surface area contributed by atoms with E-state index in [1.807, 2.05) is 0 Å². The van der Waals surface area contributed by atoms with Crippen LogP contribution in [0.4, 0.5) is 0 Å². The molecular formula is C11H24N2O. The third-order valence-corrected chi connectivity index (χ3v) is 2.95. The largest absolute Gasteiger partial charge is 0.384 e. The van der Waals surface area contributed by atoms with Crippen LogP contribution in [0.2, 0.25) is 0 Å². The summed E-state index contributed by atoms with van der Waals surface area (Å²) in [6.07, 6.45) is 1.30. The molecule has 2 atom stereocenters. The first-order chi connectivity index (χ1) is 6.77. The molecule has 0 aromatic carbocycles. The lowest BCUT2D eigenvalue weighted by molar-refractivity contribution is 0.116. The van der Waals surface area contributed by atoms with Crippen molar-refractivity contribution in [2.75, 3.05) is 39.9 Å². The Morgan fingerprint density at radius 1 is 1.57 bits per heavy atom. The van der Waals surface area contributed by atoms with Gasteiger partial charge in [0.25, 0.3) is 0 Å². The minimum atomic E-state index is 0.639. The molecule has 3 heteroatoms. The van der Waals surface area contributed by atoms with Gasteiger partial charge < -0.3 is 10.1 Å². The zero-order valence-corrected chi connectivity index (χ0v) is 9.75. The van der Waals surface area contributed by atoms with Crippen molar-refractivity contribution in [3.8, 4) is 0 Å². The van der Waals surface area contributed by atoms with Crippen LogP contribution in [0.15, 0.2) is 0 Å². The fourth-order valence-electron chi connectivity index (χ4n) is 2.23. The third-order valence-electron chi connectivity index (χ3n) is 2.95. The van der Waals surface area contributed by atoms with Crippen LogP contribution >= 0.6 is 0 Å². The SMILES string of the molecule is CCN(CC(C)COC)C1CCNC1. The van der Waals surface area contributed by atoms with Crippen LogP contribution < -0.4 is 5.32 Å². The van der Waals surface area contributed by atoms with Crippen molar-refractivity contribution in [3.05, 3.63) is 0 Å². The summed E-state index contributed by atoms with van der Waals surface area (Å²) in [4.78, 5) is 2.57. The van der Waals surface area contributed by atoms with E-state index in [-0.39, 0.29) is 0 Å². The van der Waals surface area contributed by atoms with E-state index >= 15 is 0 Å². The maximum atomic E-state index is 5.17. The number of hydrogen-bond acceptors (Lipinski definition) is 3. The number of hydrogen-bond donors (Lipinski definition) is 1. The van der Waals surface area contributed by atoms with Crippen molar-refractivity contribution in [2.24, 2.45) is 5.92 Å². The molecule has 2 unspecified atom stereocenters. The lowest BCUT2D eigenvalue weighted by Crippen LogP contribution is -2.40. The van der Waals surface area contributed by atoms with E-state index in [1.54, 1.807) is 7.11 Å². The molecule has 1 aliphatic rings. The van der Waals surface area contributed by atoms with Gasteiger partial charge >= 0.3 is 0 Å². The molecule has 84 valence electrons. The Hall–Kier alpha value is -0.120. The van der Waals surface area contributed by atoms with Crippen LogP contribution in [-0.4, -0.2) is 50.8 Å². The van der Waals surface area contributed by atoms with Gasteiger partial charge in [-0.1, -0.05) is 13.8 Å². The van der Waals surface area contributed by atoms with Gasteiger partial charge in [0.2, 0.25) is 0 Å². The maximum Gasteiger partial charge on any atom is 0.0500 e. The summed E-state index contributed by atoms with van der Waals surface area (Å²) >= 11 is 0. The molecule has 0 aromatic heterocycles. The monoisotopic (exact) mass is 200 g/mol. The van der Waals surface area contributed by atoms with Crippen molar-refractivity contribution < 1.29 is 4.74 Å². The average Bonchev–Trinajstić information content (AvgIpc) is 2.67. The predicted octanol–water partition coefficient (Wildman–Crippen LogP) is 0.953. The molecule has 1 N–H and O–H groups in total. The highest BCUT2D eigenvalue weighted by Gasteiger charge is 2.21. The molecule has 1 saturated heterocycles. The molecule has 0 radical (unpaired) electrons. The second kappa shape index (κ2) is 6.38. The van der Waals surface area contributed by atoms with Crippen molar-refractivity contribution >= 4 is 0 Å². The summed E-state index contributed by atoms with van der Waals surface area (Å²) in [7, 11) is 1.78. The summed E-state index contributed by atoms with van der Waals surface area (Å²) in [5.74, 6) is 0.639. The van der Waals surface area contributed by atoms with Gasteiger partial charge in [-0.25, -0.2) is 0 Å². The predicted molar refractivity (Wildman–Crippen MR) is 59.6 cm³/mol. The van der Waals surface area contributed by atoms with Gasteiger partial charge in [0, 0.05) is 32.8 Å². The molecule has 1 rings (SSSR count). The zero-order chi connectivity index (χ0) is 10.4. The van der Waals surface area contributed by atoms with E-state index in [1.165, 1.54) is 13.0 Å². The average molecular weight is 200 g/mol. The number of nitrogens with one attached hydrogen (secondary N) is 1. The van der Waals surface area contributed by atoms with Gasteiger partial charge in [-0.15, -0.1) is 0 Å². The Kier molecular flexibility index (Phi) is 5.45. The highest BCUT2D eigenvalue weighted by Crippen LogP contribution is 2.10. The number of nitrogens with zero attached hydrogens (tertiary/aromatic N) is 1. The summed E-state index contributed by atoms with van der Waals surface area (Å²) in [5.41, 5.74) is 0. The fraction of sp³-hybridized carbons (Fsp3) is 1.00. The Bertz CT molecular complexity index is 146. The van der Waals surface area contributed by atoms with E-state index < -0.39 is 0 Å². The minimum absolute atomic E-state index is 0.639. The second-order valence-corrected chi connectivity index (χ2v) is 4.29. The van der Waals surface area contributed by atoms with Crippen LogP contribution in [0.5, 0.6) is 0 Å². The smallest absolute Gasteiger partial charge is 0.0500 e. The number of rotatable bonds is 6. The molecule has 1 fully saturated rings. The standard InChI is InChI=1S/C11H24N2O/c1-4-13(8-10(2)9-14-3)11-5-6-12-7-11/h10-12H,4-9H2,1-3H3. The van der Waals surface area contributed by atoms with E-state index in [2.05, 4.69) is 24.1 Å². The molecule has 0 aliphatic carbocycles. The molecule has 14 heavy (non-hydrogen) atoms. The lowest BCUT2D eigenvalue weighted by Gasteiger charge is -2.29. The van der Waals surface area contributed by atoms with E-state index in [4.69, 9.17) is 4.74 Å². The summed E-state index contributed by atoms with van der Waals surface area (Å²) in [5, 5.41) is 3.42. The van der Waals surface area contributed by atoms with Crippen molar-refractivity contribution in [1.29, 1.82) is 0 Å².